The molecule has 0 spiro atoms. The predicted molar refractivity (Wildman–Crippen MR) is 92.3 cm³/mol. The van der Waals surface area contributed by atoms with Crippen molar-refractivity contribution in [2.24, 2.45) is 0 Å². The van der Waals surface area contributed by atoms with E-state index in [9.17, 15) is 0 Å². The molecule has 0 aliphatic rings. The second-order valence-electron chi connectivity index (χ2n) is 5.11. The number of rotatable bonds is 8. The first-order valence-electron chi connectivity index (χ1n) is 7.57. The van der Waals surface area contributed by atoms with Crippen molar-refractivity contribution in [2.45, 2.75) is 20.4 Å². The average Bonchev–Trinajstić information content (AvgIpc) is 2.56. The van der Waals surface area contributed by atoms with Gasteiger partial charge in [0.25, 0.3) is 0 Å². The van der Waals surface area contributed by atoms with Crippen LogP contribution in [0.4, 0.5) is 5.69 Å². The first kappa shape index (κ1) is 17.5. The van der Waals surface area contributed by atoms with Gasteiger partial charge in [0, 0.05) is 43.8 Å². The molecule has 1 aromatic heterocycles. The molecule has 0 aliphatic heterocycles. The summed E-state index contributed by atoms with van der Waals surface area (Å²) in [5, 5.41) is 0.595. The number of benzene rings is 1. The molecule has 5 nitrogen and oxygen atoms in total. The predicted octanol–water partition coefficient (Wildman–Crippen LogP) is 3.49. The van der Waals surface area contributed by atoms with Crippen LogP contribution in [0, 0.1) is 6.92 Å². The molecule has 0 atom stereocenters. The van der Waals surface area contributed by atoms with Crippen LogP contribution in [0.2, 0.25) is 5.02 Å². The lowest BCUT2D eigenvalue weighted by Crippen LogP contribution is -2.22. The maximum atomic E-state index is 6.32. The number of hydrogen-bond donors (Lipinski definition) is 0. The minimum Gasteiger partial charge on any atom is -0.490 e. The molecule has 0 radical (unpaired) electrons. The maximum Gasteiger partial charge on any atom is 0.138 e. The number of nitrogens with zero attached hydrogens (tertiary/aromatic N) is 3. The van der Waals surface area contributed by atoms with Crippen molar-refractivity contribution in [1.82, 2.24) is 9.97 Å². The van der Waals surface area contributed by atoms with Gasteiger partial charge in [0.15, 0.2) is 0 Å². The van der Waals surface area contributed by atoms with Gasteiger partial charge >= 0.3 is 0 Å². The molecule has 0 aliphatic carbocycles. The van der Waals surface area contributed by atoms with E-state index < -0.39 is 0 Å². The lowest BCUT2D eigenvalue weighted by Gasteiger charge is -2.23. The number of aryl methyl sites for hydroxylation is 1. The summed E-state index contributed by atoms with van der Waals surface area (Å²) in [6, 6.07) is 5.82. The second-order valence-corrected chi connectivity index (χ2v) is 5.52. The zero-order chi connectivity index (χ0) is 16.7. The van der Waals surface area contributed by atoms with Gasteiger partial charge in [-0.2, -0.15) is 0 Å². The smallest absolute Gasteiger partial charge is 0.138 e. The standard InChI is InChI=1S/C17H22ClN3O2/c1-4-21(12-14-10-19-13(2)20-11-14)15-5-6-17(16(18)9-15)23-8-7-22-3/h5-6,9-11H,4,7-8,12H2,1-3H3. The first-order valence-corrected chi connectivity index (χ1v) is 7.95. The van der Waals surface area contributed by atoms with Crippen molar-refractivity contribution in [2.75, 3.05) is 31.8 Å². The minimum absolute atomic E-state index is 0.480. The Bertz CT molecular complexity index is 620. The summed E-state index contributed by atoms with van der Waals surface area (Å²) in [7, 11) is 1.64. The Morgan fingerprint density at radius 2 is 1.91 bits per heavy atom. The Morgan fingerprint density at radius 1 is 1.17 bits per heavy atom. The second kappa shape index (κ2) is 8.70. The van der Waals surface area contributed by atoms with Crippen molar-refractivity contribution in [3.8, 4) is 5.75 Å². The van der Waals surface area contributed by atoms with Gasteiger partial charge in [-0.1, -0.05) is 11.6 Å². The Hall–Kier alpha value is -1.85. The molecule has 6 heteroatoms. The molecule has 2 aromatic rings. The third kappa shape index (κ3) is 5.08. The lowest BCUT2D eigenvalue weighted by molar-refractivity contribution is 0.146. The van der Waals surface area contributed by atoms with Crippen LogP contribution in [-0.2, 0) is 11.3 Å². The fraction of sp³-hybridized carbons (Fsp3) is 0.412. The monoisotopic (exact) mass is 335 g/mol. The molecule has 1 aromatic carbocycles. The van der Waals surface area contributed by atoms with Crippen molar-refractivity contribution in [1.29, 1.82) is 0 Å². The zero-order valence-electron chi connectivity index (χ0n) is 13.8. The molecule has 23 heavy (non-hydrogen) atoms. The number of aromatic nitrogens is 2. The quantitative estimate of drug-likeness (QED) is 0.691. The fourth-order valence-corrected chi connectivity index (χ4v) is 2.37. The van der Waals surface area contributed by atoms with Crippen molar-refractivity contribution < 1.29 is 9.47 Å². The highest BCUT2D eigenvalue weighted by Gasteiger charge is 2.10. The van der Waals surface area contributed by atoms with E-state index in [1.54, 1.807) is 7.11 Å². The van der Waals surface area contributed by atoms with Gasteiger partial charge in [0.2, 0.25) is 0 Å². The molecular weight excluding hydrogens is 314 g/mol. The third-order valence-corrected chi connectivity index (χ3v) is 3.71. The summed E-state index contributed by atoms with van der Waals surface area (Å²) < 4.78 is 10.6. The molecule has 0 saturated carbocycles. The molecule has 2 rings (SSSR count). The summed E-state index contributed by atoms with van der Waals surface area (Å²) in [5.74, 6) is 1.44. The van der Waals surface area contributed by atoms with Crippen molar-refractivity contribution in [3.05, 3.63) is 47.0 Å². The van der Waals surface area contributed by atoms with Crippen LogP contribution >= 0.6 is 11.6 Å². The fourth-order valence-electron chi connectivity index (χ4n) is 2.15. The van der Waals surface area contributed by atoms with Gasteiger partial charge in [-0.3, -0.25) is 0 Å². The zero-order valence-corrected chi connectivity index (χ0v) is 14.5. The van der Waals surface area contributed by atoms with Gasteiger partial charge in [-0.05, 0) is 32.0 Å². The first-order chi connectivity index (χ1) is 11.1. The van der Waals surface area contributed by atoms with Crippen LogP contribution in [0.15, 0.2) is 30.6 Å². The molecule has 0 bridgehead atoms. The van der Waals surface area contributed by atoms with E-state index in [1.807, 2.05) is 37.5 Å². The highest BCUT2D eigenvalue weighted by atomic mass is 35.5. The van der Waals surface area contributed by atoms with Gasteiger partial charge in [-0.15, -0.1) is 0 Å². The molecule has 0 fully saturated rings. The Morgan fingerprint density at radius 3 is 2.52 bits per heavy atom. The Balaban J connectivity index is 2.08. The van der Waals surface area contributed by atoms with Crippen LogP contribution in [0.5, 0.6) is 5.75 Å². The van der Waals surface area contributed by atoms with Crippen molar-refractivity contribution in [3.63, 3.8) is 0 Å². The van der Waals surface area contributed by atoms with Gasteiger partial charge in [0.1, 0.15) is 18.2 Å². The number of halogens is 1. The molecule has 0 amide bonds. The van der Waals surface area contributed by atoms with E-state index in [-0.39, 0.29) is 0 Å². The largest absolute Gasteiger partial charge is 0.490 e. The molecule has 0 unspecified atom stereocenters. The van der Waals surface area contributed by atoms with Gasteiger partial charge in [0.05, 0.1) is 11.6 Å². The Kier molecular flexibility index (Phi) is 6.62. The van der Waals surface area contributed by atoms with Gasteiger partial charge < -0.3 is 14.4 Å². The van der Waals surface area contributed by atoms with E-state index in [4.69, 9.17) is 21.1 Å². The normalized spacial score (nSPS) is 10.6. The van der Waals surface area contributed by atoms with E-state index in [0.29, 0.717) is 24.0 Å². The lowest BCUT2D eigenvalue weighted by atomic mass is 10.2. The number of hydrogen-bond acceptors (Lipinski definition) is 5. The summed E-state index contributed by atoms with van der Waals surface area (Å²) in [6.07, 6.45) is 3.71. The SMILES string of the molecule is CCN(Cc1cnc(C)nc1)c1ccc(OCCOC)c(Cl)c1. The highest BCUT2D eigenvalue weighted by molar-refractivity contribution is 6.32. The molecule has 124 valence electrons. The summed E-state index contributed by atoms with van der Waals surface area (Å²) >= 11 is 6.32. The Labute approximate surface area is 142 Å². The topological polar surface area (TPSA) is 47.5 Å². The number of methoxy groups -OCH3 is 1. The third-order valence-electron chi connectivity index (χ3n) is 3.42. The maximum absolute atomic E-state index is 6.32. The van der Waals surface area contributed by atoms with E-state index >= 15 is 0 Å². The van der Waals surface area contributed by atoms with Crippen LogP contribution < -0.4 is 9.64 Å². The van der Waals surface area contributed by atoms with E-state index in [1.165, 1.54) is 0 Å². The number of ether oxygens (including phenoxy) is 2. The molecule has 1 heterocycles. The highest BCUT2D eigenvalue weighted by Crippen LogP contribution is 2.30. The molecular formula is C17H22ClN3O2. The van der Waals surface area contributed by atoms with E-state index in [0.717, 1.165) is 30.2 Å². The number of anilines is 1. The molecule has 0 saturated heterocycles. The van der Waals surface area contributed by atoms with Gasteiger partial charge in [-0.25, -0.2) is 9.97 Å². The summed E-state index contributed by atoms with van der Waals surface area (Å²) in [5.41, 5.74) is 2.10. The molecule has 0 N–H and O–H groups in total. The van der Waals surface area contributed by atoms with Crippen LogP contribution in [0.3, 0.4) is 0 Å². The van der Waals surface area contributed by atoms with E-state index in [2.05, 4.69) is 21.8 Å². The van der Waals surface area contributed by atoms with Crippen LogP contribution in [0.25, 0.3) is 0 Å². The average molecular weight is 336 g/mol. The van der Waals surface area contributed by atoms with Crippen LogP contribution in [0.1, 0.15) is 18.3 Å². The minimum atomic E-state index is 0.480. The summed E-state index contributed by atoms with van der Waals surface area (Å²) in [6.45, 7) is 6.58. The van der Waals surface area contributed by atoms with Crippen molar-refractivity contribution >= 4 is 17.3 Å². The van der Waals surface area contributed by atoms with Crippen LogP contribution in [-0.4, -0.2) is 36.8 Å². The summed E-state index contributed by atoms with van der Waals surface area (Å²) in [4.78, 5) is 10.7.